The van der Waals surface area contributed by atoms with Gasteiger partial charge in [-0.05, 0) is 38.6 Å². The van der Waals surface area contributed by atoms with E-state index in [1.807, 2.05) is 19.1 Å². The van der Waals surface area contributed by atoms with Gasteiger partial charge in [0.1, 0.15) is 5.82 Å². The van der Waals surface area contributed by atoms with E-state index < -0.39 is 0 Å². The van der Waals surface area contributed by atoms with Gasteiger partial charge in [-0.2, -0.15) is 0 Å². The highest BCUT2D eigenvalue weighted by atomic mass is 19.1. The van der Waals surface area contributed by atoms with Gasteiger partial charge in [0, 0.05) is 31.7 Å². The van der Waals surface area contributed by atoms with E-state index in [1.165, 1.54) is 0 Å². The van der Waals surface area contributed by atoms with Crippen molar-refractivity contribution in [1.82, 2.24) is 4.90 Å². The molecular weight excluding hydrogens is 229 g/mol. The second-order valence-electron chi connectivity index (χ2n) is 5.30. The Morgan fingerprint density at radius 1 is 1.39 bits per heavy atom. The van der Waals surface area contributed by atoms with Crippen molar-refractivity contribution in [3.63, 3.8) is 0 Å². The number of benzene rings is 1. The zero-order chi connectivity index (χ0) is 13.3. The third-order valence-electron chi connectivity index (χ3n) is 3.64. The summed E-state index contributed by atoms with van der Waals surface area (Å²) in [6.45, 7) is 6.81. The van der Waals surface area contributed by atoms with E-state index in [-0.39, 0.29) is 11.9 Å². The summed E-state index contributed by atoms with van der Waals surface area (Å²) in [6, 6.07) is 5.55. The maximum Gasteiger partial charge on any atom is 0.146 e. The van der Waals surface area contributed by atoms with E-state index in [0.717, 1.165) is 25.2 Å². The lowest BCUT2D eigenvalue weighted by atomic mass is 10.1. The Bertz CT molecular complexity index is 420. The topological polar surface area (TPSA) is 32.5 Å². The van der Waals surface area contributed by atoms with E-state index in [1.54, 1.807) is 6.07 Å². The minimum atomic E-state index is -0.166. The van der Waals surface area contributed by atoms with Gasteiger partial charge in [-0.1, -0.05) is 6.07 Å². The van der Waals surface area contributed by atoms with Gasteiger partial charge in [-0.15, -0.1) is 0 Å². The van der Waals surface area contributed by atoms with Crippen molar-refractivity contribution in [1.29, 1.82) is 0 Å². The van der Waals surface area contributed by atoms with Crippen LogP contribution in [0.25, 0.3) is 0 Å². The Labute approximate surface area is 108 Å². The quantitative estimate of drug-likeness (QED) is 0.872. The zero-order valence-corrected chi connectivity index (χ0v) is 11.4. The second-order valence-corrected chi connectivity index (χ2v) is 5.30. The predicted molar refractivity (Wildman–Crippen MR) is 73.3 cm³/mol. The van der Waals surface area contributed by atoms with Crippen LogP contribution in [0, 0.1) is 5.82 Å². The molecule has 1 aliphatic heterocycles. The third-order valence-corrected chi connectivity index (χ3v) is 3.64. The van der Waals surface area contributed by atoms with Crippen LogP contribution in [0.15, 0.2) is 18.2 Å². The first-order chi connectivity index (χ1) is 8.49. The van der Waals surface area contributed by atoms with Gasteiger partial charge >= 0.3 is 0 Å². The van der Waals surface area contributed by atoms with Crippen LogP contribution in [-0.4, -0.2) is 37.6 Å². The SMILES string of the molecule is CC1CN(C)CCN1c1ccc([C@H](C)N)cc1F. The minimum absolute atomic E-state index is 0.126. The number of likely N-dealkylation sites (N-methyl/N-ethyl adjacent to an activating group) is 1. The summed E-state index contributed by atoms with van der Waals surface area (Å²) in [6.07, 6.45) is 0. The molecule has 18 heavy (non-hydrogen) atoms. The Morgan fingerprint density at radius 2 is 2.11 bits per heavy atom. The molecule has 3 nitrogen and oxygen atoms in total. The number of anilines is 1. The van der Waals surface area contributed by atoms with Crippen molar-refractivity contribution >= 4 is 5.69 Å². The second kappa shape index (κ2) is 5.24. The number of nitrogens with two attached hydrogens (primary N) is 1. The van der Waals surface area contributed by atoms with Crippen LogP contribution >= 0.6 is 0 Å². The molecule has 0 radical (unpaired) electrons. The molecule has 2 rings (SSSR count). The predicted octanol–water partition coefficient (Wildman–Crippen LogP) is 1.99. The molecule has 2 atom stereocenters. The number of piperazine rings is 1. The molecule has 0 amide bonds. The summed E-state index contributed by atoms with van der Waals surface area (Å²) < 4.78 is 14.2. The van der Waals surface area contributed by atoms with E-state index in [2.05, 4.69) is 23.8 Å². The Hall–Kier alpha value is -1.13. The lowest BCUT2D eigenvalue weighted by Gasteiger charge is -2.40. The molecule has 0 aliphatic carbocycles. The molecule has 2 N–H and O–H groups in total. The molecule has 100 valence electrons. The van der Waals surface area contributed by atoms with Gasteiger partial charge in [0.15, 0.2) is 0 Å². The summed E-state index contributed by atoms with van der Waals surface area (Å²) in [5.74, 6) is -0.166. The molecule has 4 heteroatoms. The number of hydrogen-bond acceptors (Lipinski definition) is 3. The first-order valence-corrected chi connectivity index (χ1v) is 6.49. The molecule has 0 aromatic heterocycles. The molecule has 1 aromatic rings. The van der Waals surface area contributed by atoms with E-state index in [4.69, 9.17) is 5.73 Å². The van der Waals surface area contributed by atoms with Gasteiger partial charge in [0.2, 0.25) is 0 Å². The summed E-state index contributed by atoms with van der Waals surface area (Å²) in [5.41, 5.74) is 7.31. The fourth-order valence-electron chi connectivity index (χ4n) is 2.54. The molecular formula is C14H22FN3. The van der Waals surface area contributed by atoms with Crippen molar-refractivity contribution in [3.8, 4) is 0 Å². The highest BCUT2D eigenvalue weighted by molar-refractivity contribution is 5.51. The summed E-state index contributed by atoms with van der Waals surface area (Å²) in [7, 11) is 2.10. The standard InChI is InChI=1S/C14H22FN3/c1-10-9-17(3)6-7-18(10)14-5-4-12(11(2)16)8-13(14)15/h4-5,8,10-11H,6-7,9,16H2,1-3H3/t10?,11-/m0/s1. The fourth-order valence-corrected chi connectivity index (χ4v) is 2.54. The third kappa shape index (κ3) is 2.65. The van der Waals surface area contributed by atoms with Gasteiger partial charge in [0.25, 0.3) is 0 Å². The average molecular weight is 251 g/mol. The van der Waals surface area contributed by atoms with E-state index in [9.17, 15) is 4.39 Å². The molecule has 1 aliphatic rings. The van der Waals surface area contributed by atoms with Gasteiger partial charge < -0.3 is 15.5 Å². The maximum atomic E-state index is 14.2. The Morgan fingerprint density at radius 3 is 2.67 bits per heavy atom. The van der Waals surface area contributed by atoms with Crippen molar-refractivity contribution in [2.24, 2.45) is 5.73 Å². The highest BCUT2D eigenvalue weighted by Crippen LogP contribution is 2.26. The van der Waals surface area contributed by atoms with Gasteiger partial charge in [-0.25, -0.2) is 4.39 Å². The first-order valence-electron chi connectivity index (χ1n) is 6.49. The van der Waals surface area contributed by atoms with Gasteiger partial charge in [-0.3, -0.25) is 0 Å². The number of nitrogens with zero attached hydrogens (tertiary/aromatic N) is 2. The first kappa shape index (κ1) is 13.3. The van der Waals surface area contributed by atoms with Crippen LogP contribution in [0.1, 0.15) is 25.5 Å². The molecule has 0 saturated carbocycles. The summed E-state index contributed by atoms with van der Waals surface area (Å²) >= 11 is 0. The molecule has 0 bridgehead atoms. The summed E-state index contributed by atoms with van der Waals surface area (Å²) in [4.78, 5) is 4.41. The lowest BCUT2D eigenvalue weighted by molar-refractivity contribution is 0.274. The zero-order valence-electron chi connectivity index (χ0n) is 11.4. The highest BCUT2D eigenvalue weighted by Gasteiger charge is 2.23. The van der Waals surface area contributed by atoms with Crippen LogP contribution in [-0.2, 0) is 0 Å². The monoisotopic (exact) mass is 251 g/mol. The normalized spacial score (nSPS) is 23.2. The fraction of sp³-hybridized carbons (Fsp3) is 0.571. The van der Waals surface area contributed by atoms with Crippen LogP contribution in [0.5, 0.6) is 0 Å². The van der Waals surface area contributed by atoms with Crippen molar-refractivity contribution < 1.29 is 4.39 Å². The lowest BCUT2D eigenvalue weighted by Crippen LogP contribution is -2.50. The Kier molecular flexibility index (Phi) is 3.88. The van der Waals surface area contributed by atoms with Crippen LogP contribution < -0.4 is 10.6 Å². The smallest absolute Gasteiger partial charge is 0.146 e. The maximum absolute atomic E-state index is 14.2. The molecule has 1 heterocycles. The molecule has 1 unspecified atom stereocenters. The summed E-state index contributed by atoms with van der Waals surface area (Å²) in [5, 5.41) is 0. The minimum Gasteiger partial charge on any atom is -0.364 e. The number of rotatable bonds is 2. The molecule has 1 saturated heterocycles. The number of hydrogen-bond donors (Lipinski definition) is 1. The van der Waals surface area contributed by atoms with Crippen LogP contribution in [0.3, 0.4) is 0 Å². The average Bonchev–Trinajstić information content (AvgIpc) is 2.30. The van der Waals surface area contributed by atoms with E-state index in [0.29, 0.717) is 11.7 Å². The van der Waals surface area contributed by atoms with Crippen molar-refractivity contribution in [2.75, 3.05) is 31.6 Å². The van der Waals surface area contributed by atoms with Crippen molar-refractivity contribution in [2.45, 2.75) is 25.9 Å². The molecule has 1 aromatic carbocycles. The van der Waals surface area contributed by atoms with Crippen molar-refractivity contribution in [3.05, 3.63) is 29.6 Å². The van der Waals surface area contributed by atoms with Crippen LogP contribution in [0.4, 0.5) is 10.1 Å². The molecule has 1 fully saturated rings. The van der Waals surface area contributed by atoms with E-state index >= 15 is 0 Å². The number of halogens is 1. The van der Waals surface area contributed by atoms with Gasteiger partial charge in [0.05, 0.1) is 5.69 Å². The molecule has 0 spiro atoms. The van der Waals surface area contributed by atoms with Crippen LogP contribution in [0.2, 0.25) is 0 Å². The Balaban J connectivity index is 2.23. The largest absolute Gasteiger partial charge is 0.364 e.